The maximum Gasteiger partial charge on any atom is 0.390 e. The van der Waals surface area contributed by atoms with E-state index in [1.165, 1.54) is 0 Å². The van der Waals surface area contributed by atoms with E-state index in [0.717, 1.165) is 4.90 Å². The minimum atomic E-state index is -4.30. The molecule has 1 aromatic heterocycles. The topological polar surface area (TPSA) is 42.4 Å². The van der Waals surface area contributed by atoms with E-state index in [1.807, 2.05) is 0 Å². The number of rotatable bonds is 6. The van der Waals surface area contributed by atoms with Gasteiger partial charge in [-0.25, -0.2) is 0 Å². The van der Waals surface area contributed by atoms with Crippen molar-refractivity contribution in [3.05, 3.63) is 35.5 Å². The van der Waals surface area contributed by atoms with Crippen molar-refractivity contribution in [2.75, 3.05) is 19.7 Å². The van der Waals surface area contributed by atoms with E-state index >= 15 is 0 Å². The van der Waals surface area contributed by atoms with Crippen LogP contribution in [0.15, 0.2) is 30.5 Å². The molecule has 8 heteroatoms. The number of likely N-dealkylation sites (N-methyl/N-ethyl adjacent to an activating group) is 1. The molecule has 1 amide bonds. The molecular weight excluding hydrogens is 345 g/mol. The van der Waals surface area contributed by atoms with Gasteiger partial charge in [-0.05, 0) is 31.2 Å². The summed E-state index contributed by atoms with van der Waals surface area (Å²) in [5.74, 6) is -0.156. The molecule has 2 aromatic rings. The summed E-state index contributed by atoms with van der Waals surface area (Å²) in [4.78, 5) is 17.3. The highest BCUT2D eigenvalue weighted by atomic mass is 35.5. The molecule has 0 N–H and O–H groups in total. The first-order chi connectivity index (χ1) is 11.3. The molecule has 4 nitrogen and oxygen atoms in total. The lowest BCUT2D eigenvalue weighted by molar-refractivity contribution is -0.146. The Morgan fingerprint density at radius 1 is 1.33 bits per heavy atom. The molecule has 24 heavy (non-hydrogen) atoms. The molecular formula is C16H16ClF3N2O2. The minimum Gasteiger partial charge on any atom is -0.481 e. The largest absolute Gasteiger partial charge is 0.481 e. The molecule has 0 atom stereocenters. The van der Waals surface area contributed by atoms with Crippen LogP contribution >= 0.6 is 11.6 Å². The number of aromatic nitrogens is 1. The van der Waals surface area contributed by atoms with E-state index in [0.29, 0.717) is 21.7 Å². The first kappa shape index (κ1) is 18.3. The van der Waals surface area contributed by atoms with Crippen LogP contribution in [0.4, 0.5) is 13.2 Å². The van der Waals surface area contributed by atoms with Crippen LogP contribution in [0.25, 0.3) is 10.9 Å². The van der Waals surface area contributed by atoms with Crippen molar-refractivity contribution in [2.24, 2.45) is 0 Å². The third kappa shape index (κ3) is 4.74. The second kappa shape index (κ2) is 7.70. The van der Waals surface area contributed by atoms with Crippen LogP contribution in [-0.4, -0.2) is 41.7 Å². The standard InChI is InChI=1S/C16H16ClF3N2O2/c1-2-22(9-7-16(18,19)20)14(23)10-24-13-6-5-12(17)11-4-3-8-21-15(11)13/h3-6,8H,2,7,9-10H2,1H3. The van der Waals surface area contributed by atoms with Crippen LogP contribution in [0.3, 0.4) is 0 Å². The molecule has 2 rings (SSSR count). The van der Waals surface area contributed by atoms with Gasteiger partial charge in [0.05, 0.1) is 11.4 Å². The molecule has 0 spiro atoms. The fourth-order valence-electron chi connectivity index (χ4n) is 2.18. The van der Waals surface area contributed by atoms with Crippen molar-refractivity contribution in [1.82, 2.24) is 9.88 Å². The van der Waals surface area contributed by atoms with Crippen molar-refractivity contribution in [3.8, 4) is 5.75 Å². The third-order valence-corrected chi connectivity index (χ3v) is 3.76. The number of halogens is 4. The highest BCUT2D eigenvalue weighted by molar-refractivity contribution is 6.35. The predicted octanol–water partition coefficient (Wildman–Crippen LogP) is 4.07. The Morgan fingerprint density at radius 2 is 2.08 bits per heavy atom. The maximum absolute atomic E-state index is 12.3. The van der Waals surface area contributed by atoms with Crippen LogP contribution in [0.5, 0.6) is 5.75 Å². The molecule has 0 bridgehead atoms. The molecule has 130 valence electrons. The van der Waals surface area contributed by atoms with Crippen LogP contribution in [-0.2, 0) is 4.79 Å². The monoisotopic (exact) mass is 360 g/mol. The Hall–Kier alpha value is -2.02. The number of carbonyl (C=O) groups excluding carboxylic acids is 1. The second-order valence-corrected chi connectivity index (χ2v) is 5.48. The van der Waals surface area contributed by atoms with Crippen molar-refractivity contribution in [3.63, 3.8) is 0 Å². The van der Waals surface area contributed by atoms with Crippen LogP contribution in [0.2, 0.25) is 5.02 Å². The van der Waals surface area contributed by atoms with Gasteiger partial charge in [0.25, 0.3) is 5.91 Å². The summed E-state index contributed by atoms with van der Waals surface area (Å²) in [7, 11) is 0. The average Bonchev–Trinajstić information content (AvgIpc) is 2.54. The van der Waals surface area contributed by atoms with E-state index in [-0.39, 0.29) is 19.7 Å². The van der Waals surface area contributed by atoms with Gasteiger partial charge in [0, 0.05) is 24.7 Å². The van der Waals surface area contributed by atoms with Gasteiger partial charge >= 0.3 is 6.18 Å². The third-order valence-electron chi connectivity index (χ3n) is 3.43. The molecule has 0 saturated heterocycles. The molecule has 0 radical (unpaired) electrons. The van der Waals surface area contributed by atoms with E-state index in [2.05, 4.69) is 4.98 Å². The quantitative estimate of drug-likeness (QED) is 0.780. The Labute approximate surface area is 142 Å². The summed E-state index contributed by atoms with van der Waals surface area (Å²) >= 11 is 6.07. The highest BCUT2D eigenvalue weighted by Gasteiger charge is 2.28. The van der Waals surface area contributed by atoms with E-state index < -0.39 is 18.5 Å². The summed E-state index contributed by atoms with van der Waals surface area (Å²) in [6.45, 7) is 1.05. The zero-order chi connectivity index (χ0) is 17.7. The van der Waals surface area contributed by atoms with Gasteiger partial charge in [0.15, 0.2) is 6.61 Å². The number of benzene rings is 1. The van der Waals surface area contributed by atoms with Gasteiger partial charge in [-0.1, -0.05) is 11.6 Å². The first-order valence-corrected chi connectivity index (χ1v) is 7.70. The van der Waals surface area contributed by atoms with Crippen molar-refractivity contribution >= 4 is 28.4 Å². The molecule has 0 unspecified atom stereocenters. The molecule has 1 heterocycles. The van der Waals surface area contributed by atoms with Crippen LogP contribution < -0.4 is 4.74 Å². The predicted molar refractivity (Wildman–Crippen MR) is 85.2 cm³/mol. The molecule has 1 aromatic carbocycles. The summed E-state index contributed by atoms with van der Waals surface area (Å²) in [5, 5.41) is 1.17. The zero-order valence-electron chi connectivity index (χ0n) is 12.9. The van der Waals surface area contributed by atoms with Crippen LogP contribution in [0, 0.1) is 0 Å². The summed E-state index contributed by atoms with van der Waals surface area (Å²) < 4.78 is 42.3. The zero-order valence-corrected chi connectivity index (χ0v) is 13.7. The number of amides is 1. The van der Waals surface area contributed by atoms with E-state index in [4.69, 9.17) is 16.3 Å². The molecule has 0 fully saturated rings. The van der Waals surface area contributed by atoms with Crippen molar-refractivity contribution < 1.29 is 22.7 Å². The Balaban J connectivity index is 2.04. The smallest absolute Gasteiger partial charge is 0.390 e. The Kier molecular flexibility index (Phi) is 5.88. The van der Waals surface area contributed by atoms with Gasteiger partial charge in [-0.2, -0.15) is 13.2 Å². The highest BCUT2D eigenvalue weighted by Crippen LogP contribution is 2.29. The second-order valence-electron chi connectivity index (χ2n) is 5.07. The number of fused-ring (bicyclic) bond motifs is 1. The van der Waals surface area contributed by atoms with Gasteiger partial charge in [0.2, 0.25) is 0 Å². The molecule has 0 aliphatic rings. The van der Waals surface area contributed by atoms with Gasteiger partial charge < -0.3 is 9.64 Å². The number of ether oxygens (including phenoxy) is 1. The molecule has 0 aliphatic carbocycles. The Morgan fingerprint density at radius 3 is 2.75 bits per heavy atom. The number of hydrogen-bond donors (Lipinski definition) is 0. The number of carbonyl (C=O) groups is 1. The number of hydrogen-bond acceptors (Lipinski definition) is 3. The lowest BCUT2D eigenvalue weighted by Crippen LogP contribution is -2.37. The summed E-state index contributed by atoms with van der Waals surface area (Å²) in [5.41, 5.74) is 0.496. The van der Waals surface area contributed by atoms with Gasteiger partial charge in [-0.15, -0.1) is 0 Å². The number of alkyl halides is 3. The SMILES string of the molecule is CCN(CCC(F)(F)F)C(=O)COc1ccc(Cl)c2cccnc12. The lowest BCUT2D eigenvalue weighted by atomic mass is 10.2. The fraction of sp³-hybridized carbons (Fsp3) is 0.375. The van der Waals surface area contributed by atoms with Crippen LogP contribution in [0.1, 0.15) is 13.3 Å². The lowest BCUT2D eigenvalue weighted by Gasteiger charge is -2.21. The summed E-state index contributed by atoms with van der Waals surface area (Å²) in [6.07, 6.45) is -3.78. The summed E-state index contributed by atoms with van der Waals surface area (Å²) in [6, 6.07) is 6.68. The Bertz CT molecular complexity index is 722. The fourth-order valence-corrected chi connectivity index (χ4v) is 2.40. The number of pyridine rings is 1. The van der Waals surface area contributed by atoms with Crippen molar-refractivity contribution in [2.45, 2.75) is 19.5 Å². The maximum atomic E-state index is 12.3. The van der Waals surface area contributed by atoms with Crippen molar-refractivity contribution in [1.29, 1.82) is 0 Å². The van der Waals surface area contributed by atoms with E-state index in [9.17, 15) is 18.0 Å². The number of nitrogens with zero attached hydrogens (tertiary/aromatic N) is 2. The van der Waals surface area contributed by atoms with Gasteiger partial charge in [-0.3, -0.25) is 9.78 Å². The minimum absolute atomic E-state index is 0.178. The van der Waals surface area contributed by atoms with Gasteiger partial charge in [0.1, 0.15) is 11.3 Å². The molecule has 0 aliphatic heterocycles. The normalized spacial score (nSPS) is 11.5. The molecule has 0 saturated carbocycles. The van der Waals surface area contributed by atoms with E-state index in [1.54, 1.807) is 37.4 Å². The first-order valence-electron chi connectivity index (χ1n) is 7.32. The average molecular weight is 361 g/mol.